The molecule has 0 heterocycles. The fraction of sp³-hybridized carbons (Fsp3) is 0.333. The van der Waals surface area contributed by atoms with Gasteiger partial charge in [0.05, 0.1) is 13.7 Å². The fourth-order valence-corrected chi connectivity index (χ4v) is 2.30. The lowest BCUT2D eigenvalue weighted by molar-refractivity contribution is 0.185. The predicted octanol–water partition coefficient (Wildman–Crippen LogP) is 3.69. The van der Waals surface area contributed by atoms with Gasteiger partial charge in [-0.3, -0.25) is 0 Å². The normalized spacial score (nSPS) is 12.1. The third kappa shape index (κ3) is 4.59. The van der Waals surface area contributed by atoms with E-state index in [1.165, 1.54) is 16.7 Å². The first-order chi connectivity index (χ1) is 10.2. The topological polar surface area (TPSA) is 30.5 Å². The third-order valence-electron chi connectivity index (χ3n) is 3.51. The Morgan fingerprint density at radius 1 is 1.00 bits per heavy atom. The highest BCUT2D eigenvalue weighted by Gasteiger charge is 2.06. The van der Waals surface area contributed by atoms with Gasteiger partial charge in [-0.25, -0.2) is 0 Å². The molecule has 2 aromatic carbocycles. The molecule has 1 unspecified atom stereocenters. The summed E-state index contributed by atoms with van der Waals surface area (Å²) < 4.78 is 10.4. The van der Waals surface area contributed by atoms with Crippen molar-refractivity contribution < 1.29 is 9.47 Å². The van der Waals surface area contributed by atoms with Crippen LogP contribution in [0.2, 0.25) is 0 Å². The molecular formula is C18H23NO2. The molecule has 2 rings (SSSR count). The van der Waals surface area contributed by atoms with Crippen LogP contribution >= 0.6 is 0 Å². The summed E-state index contributed by atoms with van der Waals surface area (Å²) in [5.74, 6) is 0.892. The predicted molar refractivity (Wildman–Crippen MR) is 85.4 cm³/mol. The molecule has 0 saturated heterocycles. The molecule has 3 nitrogen and oxygen atoms in total. The summed E-state index contributed by atoms with van der Waals surface area (Å²) in [4.78, 5) is 0. The van der Waals surface area contributed by atoms with E-state index in [2.05, 4.69) is 48.6 Å². The van der Waals surface area contributed by atoms with Gasteiger partial charge in [0.15, 0.2) is 0 Å². The molecule has 0 aromatic heterocycles. The minimum absolute atomic E-state index is 0.270. The summed E-state index contributed by atoms with van der Waals surface area (Å²) in [7, 11) is 3.41. The second-order valence-corrected chi connectivity index (χ2v) is 5.13. The molecule has 0 saturated carbocycles. The van der Waals surface area contributed by atoms with Gasteiger partial charge in [0.2, 0.25) is 0 Å². The quantitative estimate of drug-likeness (QED) is 0.841. The van der Waals surface area contributed by atoms with Gasteiger partial charge >= 0.3 is 0 Å². The maximum atomic E-state index is 5.27. The summed E-state index contributed by atoms with van der Waals surface area (Å²) in [5.41, 5.74) is 3.69. The fourth-order valence-electron chi connectivity index (χ4n) is 2.30. The Kier molecular flexibility index (Phi) is 5.78. The van der Waals surface area contributed by atoms with Gasteiger partial charge in [-0.15, -0.1) is 0 Å². The number of ether oxygens (including phenoxy) is 2. The number of benzene rings is 2. The summed E-state index contributed by atoms with van der Waals surface area (Å²) in [5, 5.41) is 3.54. The molecule has 0 aliphatic heterocycles. The zero-order chi connectivity index (χ0) is 15.1. The van der Waals surface area contributed by atoms with Crippen LogP contribution in [0.3, 0.4) is 0 Å². The van der Waals surface area contributed by atoms with E-state index in [-0.39, 0.29) is 6.04 Å². The minimum atomic E-state index is 0.270. The summed E-state index contributed by atoms with van der Waals surface area (Å²) in [6.45, 7) is 3.64. The molecule has 0 aliphatic carbocycles. The van der Waals surface area contributed by atoms with Crippen molar-refractivity contribution >= 4 is 0 Å². The van der Waals surface area contributed by atoms with E-state index >= 15 is 0 Å². The summed E-state index contributed by atoms with van der Waals surface area (Å²) in [6.07, 6.45) is 0. The van der Waals surface area contributed by atoms with Crippen LogP contribution in [0.5, 0.6) is 5.75 Å². The molecular weight excluding hydrogens is 262 g/mol. The Morgan fingerprint density at radius 3 is 2.52 bits per heavy atom. The van der Waals surface area contributed by atoms with Gasteiger partial charge in [-0.05, 0) is 35.7 Å². The molecule has 0 amide bonds. The van der Waals surface area contributed by atoms with Gasteiger partial charge in [0.25, 0.3) is 0 Å². The van der Waals surface area contributed by atoms with Crippen LogP contribution in [0, 0.1) is 0 Å². The molecule has 112 valence electrons. The van der Waals surface area contributed by atoms with Gasteiger partial charge in [-0.1, -0.05) is 36.4 Å². The summed E-state index contributed by atoms with van der Waals surface area (Å²) in [6, 6.07) is 16.9. The number of hydrogen-bond acceptors (Lipinski definition) is 3. The van der Waals surface area contributed by atoms with Crippen LogP contribution in [0.25, 0.3) is 0 Å². The molecule has 21 heavy (non-hydrogen) atoms. The van der Waals surface area contributed by atoms with Crippen molar-refractivity contribution in [2.24, 2.45) is 0 Å². The first-order valence-electron chi connectivity index (χ1n) is 7.17. The lowest BCUT2D eigenvalue weighted by atomic mass is 10.1. The second kappa shape index (κ2) is 7.81. The van der Waals surface area contributed by atoms with Gasteiger partial charge in [-0.2, -0.15) is 0 Å². The van der Waals surface area contributed by atoms with E-state index in [1.54, 1.807) is 14.2 Å². The van der Waals surface area contributed by atoms with E-state index in [4.69, 9.17) is 9.47 Å². The Balaban J connectivity index is 1.96. The van der Waals surface area contributed by atoms with Crippen LogP contribution in [0.1, 0.15) is 29.7 Å². The van der Waals surface area contributed by atoms with Gasteiger partial charge < -0.3 is 14.8 Å². The maximum absolute atomic E-state index is 5.27. The van der Waals surface area contributed by atoms with Crippen LogP contribution in [-0.2, 0) is 17.9 Å². The molecule has 0 aliphatic rings. The SMILES string of the molecule is COCc1cccc(CNC(C)c2cccc(OC)c2)c1. The monoisotopic (exact) mass is 285 g/mol. The number of hydrogen-bond donors (Lipinski definition) is 1. The first kappa shape index (κ1) is 15.5. The number of methoxy groups -OCH3 is 2. The van der Waals surface area contributed by atoms with Crippen molar-refractivity contribution in [3.8, 4) is 5.75 Å². The van der Waals surface area contributed by atoms with Crippen molar-refractivity contribution in [3.63, 3.8) is 0 Å². The molecule has 2 aromatic rings. The zero-order valence-corrected chi connectivity index (χ0v) is 12.9. The smallest absolute Gasteiger partial charge is 0.119 e. The van der Waals surface area contributed by atoms with E-state index in [0.717, 1.165) is 12.3 Å². The second-order valence-electron chi connectivity index (χ2n) is 5.13. The van der Waals surface area contributed by atoms with E-state index in [0.29, 0.717) is 6.61 Å². The van der Waals surface area contributed by atoms with Gasteiger partial charge in [0, 0.05) is 19.7 Å². The zero-order valence-electron chi connectivity index (χ0n) is 12.9. The molecule has 0 bridgehead atoms. The van der Waals surface area contributed by atoms with Crippen molar-refractivity contribution in [2.75, 3.05) is 14.2 Å². The van der Waals surface area contributed by atoms with Crippen molar-refractivity contribution in [1.82, 2.24) is 5.32 Å². The maximum Gasteiger partial charge on any atom is 0.119 e. The molecule has 0 fully saturated rings. The number of rotatable bonds is 7. The average Bonchev–Trinajstić information content (AvgIpc) is 2.53. The molecule has 0 radical (unpaired) electrons. The highest BCUT2D eigenvalue weighted by atomic mass is 16.5. The highest BCUT2D eigenvalue weighted by molar-refractivity contribution is 5.30. The van der Waals surface area contributed by atoms with Crippen LogP contribution in [-0.4, -0.2) is 14.2 Å². The van der Waals surface area contributed by atoms with Crippen molar-refractivity contribution in [2.45, 2.75) is 26.1 Å². The third-order valence-corrected chi connectivity index (χ3v) is 3.51. The van der Waals surface area contributed by atoms with Gasteiger partial charge in [0.1, 0.15) is 5.75 Å². The summed E-state index contributed by atoms with van der Waals surface area (Å²) >= 11 is 0. The Bertz CT molecular complexity index is 569. The van der Waals surface area contributed by atoms with E-state index < -0.39 is 0 Å². The molecule has 1 atom stereocenters. The highest BCUT2D eigenvalue weighted by Crippen LogP contribution is 2.19. The lowest BCUT2D eigenvalue weighted by Crippen LogP contribution is -2.18. The Labute approximate surface area is 126 Å². The van der Waals surface area contributed by atoms with Crippen molar-refractivity contribution in [1.29, 1.82) is 0 Å². The number of nitrogens with one attached hydrogen (secondary N) is 1. The van der Waals surface area contributed by atoms with Crippen LogP contribution < -0.4 is 10.1 Å². The largest absolute Gasteiger partial charge is 0.497 e. The van der Waals surface area contributed by atoms with E-state index in [1.807, 2.05) is 12.1 Å². The molecule has 3 heteroatoms. The first-order valence-corrected chi connectivity index (χ1v) is 7.17. The van der Waals surface area contributed by atoms with Crippen molar-refractivity contribution in [3.05, 3.63) is 65.2 Å². The molecule has 1 N–H and O–H groups in total. The average molecular weight is 285 g/mol. The Hall–Kier alpha value is -1.84. The minimum Gasteiger partial charge on any atom is -0.497 e. The standard InChI is InChI=1S/C18H23NO2/c1-14(17-8-5-9-18(11-17)21-3)19-12-15-6-4-7-16(10-15)13-20-2/h4-11,14,19H,12-13H2,1-3H3. The van der Waals surface area contributed by atoms with Crippen LogP contribution in [0.4, 0.5) is 0 Å². The van der Waals surface area contributed by atoms with Crippen LogP contribution in [0.15, 0.2) is 48.5 Å². The molecule has 0 spiro atoms. The Morgan fingerprint density at radius 2 is 1.76 bits per heavy atom. The van der Waals surface area contributed by atoms with E-state index in [9.17, 15) is 0 Å². The lowest BCUT2D eigenvalue weighted by Gasteiger charge is -2.15.